The van der Waals surface area contributed by atoms with Gasteiger partial charge >= 0.3 is 12.1 Å². The van der Waals surface area contributed by atoms with E-state index in [-0.39, 0.29) is 18.1 Å². The Kier molecular flexibility index (Phi) is 14.3. The summed E-state index contributed by atoms with van der Waals surface area (Å²) in [6.07, 6.45) is -2.37. The molecule has 0 aromatic heterocycles. The topological polar surface area (TPSA) is 199 Å². The van der Waals surface area contributed by atoms with Crippen molar-refractivity contribution in [2.75, 3.05) is 33.8 Å². The Labute approximate surface area is 291 Å². The number of cyclic esters (lactones) is 1. The first kappa shape index (κ1) is 40.9. The zero-order chi connectivity index (χ0) is 36.8. The number of azide groups is 1. The normalized spacial score (nSPS) is 41.6. The number of methoxy groups -OCH3 is 1. The van der Waals surface area contributed by atoms with Crippen molar-refractivity contribution in [2.45, 2.75) is 148 Å². The number of amides is 1. The number of ether oxygens (including phenoxy) is 5. The fourth-order valence-electron chi connectivity index (χ4n) is 8.08. The first-order valence-electron chi connectivity index (χ1n) is 17.7. The zero-order valence-electron chi connectivity index (χ0n) is 31.0. The molecule has 1 amide bonds. The molecule has 3 N–H and O–H groups in total. The maximum atomic E-state index is 14.1. The smallest absolute Gasteiger partial charge is 0.410 e. The third-order valence-corrected chi connectivity index (χ3v) is 10.9. The Morgan fingerprint density at radius 3 is 2.43 bits per heavy atom. The lowest BCUT2D eigenvalue weighted by atomic mass is 9.78. The predicted octanol–water partition coefficient (Wildman–Crippen LogP) is 3.79. The van der Waals surface area contributed by atoms with Gasteiger partial charge in [0.2, 0.25) is 0 Å². The summed E-state index contributed by atoms with van der Waals surface area (Å²) in [7, 11) is 3.54. The van der Waals surface area contributed by atoms with E-state index in [4.69, 9.17) is 34.9 Å². The zero-order valence-corrected chi connectivity index (χ0v) is 31.0. The minimum atomic E-state index is -1.23. The Balaban J connectivity index is 2.06. The molecule has 3 aliphatic rings. The number of aliphatic hydroxyl groups is 1. The average molecular weight is 697 g/mol. The third kappa shape index (κ3) is 9.05. The molecule has 3 rings (SSSR count). The van der Waals surface area contributed by atoms with Gasteiger partial charge in [-0.2, -0.15) is 0 Å². The van der Waals surface area contributed by atoms with Gasteiger partial charge in [0.15, 0.2) is 17.7 Å². The summed E-state index contributed by atoms with van der Waals surface area (Å²) in [4.78, 5) is 48.1. The van der Waals surface area contributed by atoms with Gasteiger partial charge in [0.25, 0.3) is 0 Å². The average Bonchev–Trinajstić information content (AvgIpc) is 3.31. The number of carbonyl (C=O) groups is 3. The van der Waals surface area contributed by atoms with Gasteiger partial charge in [-0.1, -0.05) is 25.9 Å². The van der Waals surface area contributed by atoms with E-state index in [9.17, 15) is 19.5 Å². The molecule has 0 bridgehead atoms. The van der Waals surface area contributed by atoms with E-state index in [1.807, 2.05) is 34.7 Å². The number of hydrogen-bond donors (Lipinski definition) is 2. The molecule has 0 spiro atoms. The van der Waals surface area contributed by atoms with E-state index < -0.39 is 77.6 Å². The highest BCUT2D eigenvalue weighted by Gasteiger charge is 2.59. The van der Waals surface area contributed by atoms with Crippen LogP contribution in [-0.2, 0) is 33.3 Å². The number of unbranched alkanes of at least 4 members (excludes halogenated alkanes) is 1. The maximum absolute atomic E-state index is 14.1. The van der Waals surface area contributed by atoms with E-state index in [1.54, 1.807) is 25.9 Å². The minimum absolute atomic E-state index is 0.00634. The Hall–Kier alpha value is -2.52. The van der Waals surface area contributed by atoms with Crippen LogP contribution in [0.4, 0.5) is 4.79 Å². The summed E-state index contributed by atoms with van der Waals surface area (Å²) in [6.45, 7) is 15.9. The second-order valence-electron chi connectivity index (χ2n) is 14.9. The van der Waals surface area contributed by atoms with Gasteiger partial charge in [-0.3, -0.25) is 14.5 Å². The van der Waals surface area contributed by atoms with Crippen LogP contribution in [0.1, 0.15) is 87.5 Å². The van der Waals surface area contributed by atoms with Crippen molar-refractivity contribution in [3.63, 3.8) is 0 Å². The van der Waals surface area contributed by atoms with Crippen LogP contribution in [-0.4, -0.2) is 127 Å². The van der Waals surface area contributed by atoms with E-state index in [0.717, 1.165) is 0 Å². The number of nitrogens with zero attached hydrogens (tertiary/aromatic N) is 5. The van der Waals surface area contributed by atoms with E-state index >= 15 is 0 Å². The standard InChI is InChI=1S/C34H60N6O9/c1-11-25-34(8)28(40(32(44)49-34)15-13-12-14-37-38-36)23(6)39(9)18-19(2)17-33(7,45-10)29(21(4)26(41)22(5)30(43)47-25)48-31-27(42)24(35)16-20(3)46-31/h19-25,27-29,31,42H,11-18,35H2,1-10H3/t19-,20?,21+,22-,23-,24?,25-,27?,28-,29-,31+,33-,34-/m1/s1. The molecule has 15 nitrogen and oxygen atoms in total. The van der Waals surface area contributed by atoms with Crippen molar-refractivity contribution in [2.24, 2.45) is 28.6 Å². The highest BCUT2D eigenvalue weighted by atomic mass is 16.7. The highest BCUT2D eigenvalue weighted by molar-refractivity contribution is 6.00. The van der Waals surface area contributed by atoms with E-state index in [1.165, 1.54) is 6.92 Å². The van der Waals surface area contributed by atoms with Crippen molar-refractivity contribution in [3.05, 3.63) is 10.4 Å². The molecule has 3 aliphatic heterocycles. The molecule has 13 atom stereocenters. The van der Waals surface area contributed by atoms with Crippen LogP contribution in [0.15, 0.2) is 5.11 Å². The van der Waals surface area contributed by atoms with Crippen molar-refractivity contribution in [1.82, 2.24) is 9.80 Å². The third-order valence-electron chi connectivity index (χ3n) is 10.9. The summed E-state index contributed by atoms with van der Waals surface area (Å²) in [6, 6.07) is -1.34. The summed E-state index contributed by atoms with van der Waals surface area (Å²) >= 11 is 0. The van der Waals surface area contributed by atoms with Crippen molar-refractivity contribution >= 4 is 17.8 Å². The number of likely N-dealkylation sites (N-methyl/N-ethyl adjacent to an activating group) is 1. The van der Waals surface area contributed by atoms with E-state index in [0.29, 0.717) is 51.7 Å². The monoisotopic (exact) mass is 696 g/mol. The SMILES string of the molecule is CC[C@H]1OC(=O)[C@H](C)C(=O)[C@H](C)[C@@H](O[C@@H]2OC(C)CC(N)C2O)[C@](C)(OC)C[C@@H](C)CN(C)[C@H](C)[C@H]2N(CCCCN=[N+]=[N-])C(=O)O[C@]12C. The second-order valence-corrected chi connectivity index (χ2v) is 14.9. The Morgan fingerprint density at radius 1 is 1.14 bits per heavy atom. The Bertz CT molecular complexity index is 1200. The quantitative estimate of drug-likeness (QED) is 0.0888. The van der Waals surface area contributed by atoms with Gasteiger partial charge in [0.1, 0.15) is 18.1 Å². The lowest BCUT2D eigenvalue weighted by Gasteiger charge is -2.46. The van der Waals surface area contributed by atoms with Crippen LogP contribution in [0.5, 0.6) is 0 Å². The van der Waals surface area contributed by atoms with Crippen molar-refractivity contribution in [3.8, 4) is 0 Å². The molecule has 280 valence electrons. The number of rotatable bonds is 9. The van der Waals surface area contributed by atoms with E-state index in [2.05, 4.69) is 21.8 Å². The Morgan fingerprint density at radius 2 is 1.82 bits per heavy atom. The van der Waals surface area contributed by atoms with Crippen LogP contribution in [0.3, 0.4) is 0 Å². The number of hydrogen-bond acceptors (Lipinski definition) is 12. The molecule has 0 radical (unpaired) electrons. The maximum Gasteiger partial charge on any atom is 0.410 e. The molecule has 3 fully saturated rings. The fraction of sp³-hybridized carbons (Fsp3) is 0.912. The van der Waals surface area contributed by atoms with Crippen molar-refractivity contribution in [1.29, 1.82) is 0 Å². The lowest BCUT2D eigenvalue weighted by molar-refractivity contribution is -0.288. The van der Waals surface area contributed by atoms with Gasteiger partial charge < -0.3 is 39.4 Å². The summed E-state index contributed by atoms with van der Waals surface area (Å²) in [5, 5.41) is 14.6. The number of nitrogens with two attached hydrogens (primary N) is 1. The molecule has 3 heterocycles. The first-order valence-corrected chi connectivity index (χ1v) is 17.7. The molecule has 49 heavy (non-hydrogen) atoms. The van der Waals surface area contributed by atoms with Gasteiger partial charge in [-0.05, 0) is 85.2 Å². The van der Waals surface area contributed by atoms with Crippen LogP contribution in [0.2, 0.25) is 0 Å². The number of aliphatic hydroxyl groups excluding tert-OH is 1. The van der Waals surface area contributed by atoms with Crippen LogP contribution >= 0.6 is 0 Å². The summed E-state index contributed by atoms with van der Waals surface area (Å²) in [5.74, 6) is -3.23. The summed E-state index contributed by atoms with van der Waals surface area (Å²) in [5.41, 5.74) is 12.6. The molecule has 0 aromatic carbocycles. The highest BCUT2D eigenvalue weighted by Crippen LogP contribution is 2.41. The number of carbonyl (C=O) groups excluding carboxylic acids is 3. The van der Waals surface area contributed by atoms with Crippen molar-refractivity contribution < 1.29 is 43.2 Å². The molecule has 0 saturated carbocycles. The summed E-state index contributed by atoms with van der Waals surface area (Å²) < 4.78 is 30.9. The fourth-order valence-corrected chi connectivity index (χ4v) is 8.08. The van der Waals surface area contributed by atoms with Crippen LogP contribution in [0, 0.1) is 17.8 Å². The molecule has 15 heteroatoms. The van der Waals surface area contributed by atoms with Gasteiger partial charge in [0, 0.05) is 49.7 Å². The second kappa shape index (κ2) is 17.1. The number of fused-ring (bicyclic) bond motifs is 1. The largest absolute Gasteiger partial charge is 0.458 e. The van der Waals surface area contributed by atoms with Crippen LogP contribution < -0.4 is 5.73 Å². The lowest BCUT2D eigenvalue weighted by Crippen LogP contribution is -2.61. The molecule has 3 unspecified atom stereocenters. The predicted molar refractivity (Wildman–Crippen MR) is 181 cm³/mol. The molecular weight excluding hydrogens is 636 g/mol. The number of esters is 1. The number of Topliss-reactive ketones (excluding diaryl/α,β-unsaturated/α-hetero) is 1. The molecule has 0 aromatic rings. The molecule has 3 saturated heterocycles. The van der Waals surface area contributed by atoms with Gasteiger partial charge in [0.05, 0.1) is 23.9 Å². The van der Waals surface area contributed by atoms with Gasteiger partial charge in [-0.25, -0.2) is 4.79 Å². The van der Waals surface area contributed by atoms with Gasteiger partial charge in [-0.15, -0.1) is 0 Å². The van der Waals surface area contributed by atoms with Crippen LogP contribution in [0.25, 0.3) is 10.4 Å². The minimum Gasteiger partial charge on any atom is -0.458 e. The molecule has 0 aliphatic carbocycles. The first-order chi connectivity index (χ1) is 22.9. The molecular formula is C34H60N6O9. The number of ketones is 1.